The molecule has 6 nitrogen and oxygen atoms in total. The van der Waals surface area contributed by atoms with E-state index in [1.165, 1.54) is 29.6 Å². The van der Waals surface area contributed by atoms with E-state index in [9.17, 15) is 9.59 Å². The summed E-state index contributed by atoms with van der Waals surface area (Å²) in [7, 11) is 0. The Labute approximate surface area is 192 Å². The lowest BCUT2D eigenvalue weighted by Crippen LogP contribution is -2.17. The van der Waals surface area contributed by atoms with Gasteiger partial charge in [0.05, 0.1) is 22.8 Å². The molecule has 9 heteroatoms. The second-order valence-electron chi connectivity index (χ2n) is 6.85. The van der Waals surface area contributed by atoms with Crippen LogP contribution in [0.4, 0.5) is 5.13 Å². The molecule has 0 radical (unpaired) electrons. The zero-order valence-electron chi connectivity index (χ0n) is 17.2. The van der Waals surface area contributed by atoms with Crippen LogP contribution in [0.1, 0.15) is 32.0 Å². The zero-order chi connectivity index (χ0) is 22.0. The molecule has 3 heterocycles. The third kappa shape index (κ3) is 4.90. The number of hydrogen-bond acceptors (Lipinski definition) is 7. The predicted octanol–water partition coefficient (Wildman–Crippen LogP) is 5.50. The lowest BCUT2D eigenvalue weighted by molar-refractivity contribution is -0.119. The second kappa shape index (κ2) is 9.09. The van der Waals surface area contributed by atoms with Crippen molar-refractivity contribution < 1.29 is 9.59 Å². The maximum atomic E-state index is 12.9. The standard InChI is InChI=1S/C22H20N4O2S3/c1-12-19(31-21(24-12)15-7-5-4-6-8-15)20(28)26-22-25-18(13(2)29-22)17-10-9-16(30-17)11-23-14(3)27/h4-10H,11H2,1-3H3,(H,23,27)(H,25,26,28). The van der Waals surface area contributed by atoms with Crippen molar-refractivity contribution in [1.29, 1.82) is 0 Å². The van der Waals surface area contributed by atoms with E-state index in [0.717, 1.165) is 30.9 Å². The van der Waals surface area contributed by atoms with Crippen LogP contribution in [-0.2, 0) is 11.3 Å². The number of rotatable bonds is 6. The topological polar surface area (TPSA) is 84.0 Å². The van der Waals surface area contributed by atoms with Gasteiger partial charge in [0, 0.05) is 22.2 Å². The molecule has 0 aliphatic rings. The maximum Gasteiger partial charge on any atom is 0.269 e. The van der Waals surface area contributed by atoms with Gasteiger partial charge in [-0.15, -0.1) is 34.0 Å². The summed E-state index contributed by atoms with van der Waals surface area (Å²) in [6.45, 7) is 5.84. The number of carbonyl (C=O) groups excluding carboxylic acids is 2. The zero-order valence-corrected chi connectivity index (χ0v) is 19.6. The SMILES string of the molecule is CC(=O)NCc1ccc(-c2nc(NC(=O)c3sc(-c4ccccc4)nc3C)sc2C)s1. The number of benzene rings is 1. The van der Waals surface area contributed by atoms with Crippen molar-refractivity contribution in [3.63, 3.8) is 0 Å². The average molecular weight is 469 g/mol. The average Bonchev–Trinajstić information content (AvgIpc) is 3.45. The van der Waals surface area contributed by atoms with Gasteiger partial charge in [0.2, 0.25) is 5.91 Å². The highest BCUT2D eigenvalue weighted by molar-refractivity contribution is 7.19. The van der Waals surface area contributed by atoms with E-state index in [0.29, 0.717) is 22.2 Å². The van der Waals surface area contributed by atoms with E-state index in [1.54, 1.807) is 11.3 Å². The minimum Gasteiger partial charge on any atom is -0.351 e. The van der Waals surface area contributed by atoms with Gasteiger partial charge >= 0.3 is 0 Å². The smallest absolute Gasteiger partial charge is 0.269 e. The first-order valence-electron chi connectivity index (χ1n) is 9.56. The Hall–Kier alpha value is -2.88. The molecular formula is C22H20N4O2S3. The molecular weight excluding hydrogens is 448 g/mol. The van der Waals surface area contributed by atoms with Gasteiger partial charge in [0.1, 0.15) is 9.88 Å². The van der Waals surface area contributed by atoms with Crippen LogP contribution in [0, 0.1) is 13.8 Å². The Balaban J connectivity index is 1.50. The van der Waals surface area contributed by atoms with Crippen molar-refractivity contribution in [2.24, 2.45) is 0 Å². The minimum absolute atomic E-state index is 0.0569. The monoisotopic (exact) mass is 468 g/mol. The summed E-state index contributed by atoms with van der Waals surface area (Å²) in [6, 6.07) is 13.8. The normalized spacial score (nSPS) is 10.8. The largest absolute Gasteiger partial charge is 0.351 e. The van der Waals surface area contributed by atoms with Gasteiger partial charge in [-0.05, 0) is 26.0 Å². The van der Waals surface area contributed by atoms with Crippen LogP contribution in [0.25, 0.3) is 21.1 Å². The lowest BCUT2D eigenvalue weighted by atomic mass is 10.2. The molecule has 0 aliphatic heterocycles. The number of aromatic nitrogens is 2. The van der Waals surface area contributed by atoms with E-state index in [4.69, 9.17) is 0 Å². The van der Waals surface area contributed by atoms with E-state index < -0.39 is 0 Å². The van der Waals surface area contributed by atoms with Gasteiger partial charge in [-0.3, -0.25) is 14.9 Å². The fourth-order valence-electron chi connectivity index (χ4n) is 2.96. The number of nitrogens with zero attached hydrogens (tertiary/aromatic N) is 2. The van der Waals surface area contributed by atoms with Crippen molar-refractivity contribution in [2.45, 2.75) is 27.3 Å². The number of hydrogen-bond donors (Lipinski definition) is 2. The molecule has 0 spiro atoms. The quantitative estimate of drug-likeness (QED) is 0.391. The number of carbonyl (C=O) groups is 2. The third-order valence-corrected chi connectivity index (χ3v) is 7.63. The van der Waals surface area contributed by atoms with Gasteiger partial charge in [0.25, 0.3) is 5.91 Å². The molecule has 2 N–H and O–H groups in total. The van der Waals surface area contributed by atoms with E-state index >= 15 is 0 Å². The van der Waals surface area contributed by atoms with E-state index in [1.807, 2.05) is 56.3 Å². The van der Waals surface area contributed by atoms with Crippen molar-refractivity contribution in [1.82, 2.24) is 15.3 Å². The van der Waals surface area contributed by atoms with Gasteiger partial charge in [-0.2, -0.15) is 0 Å². The first kappa shape index (κ1) is 21.4. The first-order valence-corrected chi connectivity index (χ1v) is 12.0. The highest BCUT2D eigenvalue weighted by Crippen LogP contribution is 2.35. The number of nitrogens with one attached hydrogen (secondary N) is 2. The van der Waals surface area contributed by atoms with Crippen LogP contribution >= 0.6 is 34.0 Å². The van der Waals surface area contributed by atoms with Gasteiger partial charge in [-0.25, -0.2) is 9.97 Å². The third-order valence-electron chi connectivity index (χ3n) is 4.45. The predicted molar refractivity (Wildman–Crippen MR) is 128 cm³/mol. The fraction of sp³-hybridized carbons (Fsp3) is 0.182. The number of amides is 2. The summed E-state index contributed by atoms with van der Waals surface area (Å²) in [6.07, 6.45) is 0. The summed E-state index contributed by atoms with van der Waals surface area (Å²) in [5, 5.41) is 7.11. The summed E-state index contributed by atoms with van der Waals surface area (Å²) in [5.41, 5.74) is 2.55. The highest BCUT2D eigenvalue weighted by Gasteiger charge is 2.19. The summed E-state index contributed by atoms with van der Waals surface area (Å²) >= 11 is 4.41. The van der Waals surface area contributed by atoms with Crippen LogP contribution in [0.5, 0.6) is 0 Å². The van der Waals surface area contributed by atoms with Gasteiger partial charge < -0.3 is 5.32 Å². The molecule has 1 aromatic carbocycles. The fourth-order valence-corrected chi connectivity index (χ4v) is 5.80. The molecule has 0 saturated heterocycles. The first-order chi connectivity index (χ1) is 14.9. The number of thiazole rings is 2. The van der Waals surface area contributed by atoms with Crippen molar-refractivity contribution in [2.75, 3.05) is 5.32 Å². The van der Waals surface area contributed by atoms with Crippen LogP contribution < -0.4 is 10.6 Å². The molecule has 0 bridgehead atoms. The van der Waals surface area contributed by atoms with E-state index in [-0.39, 0.29) is 11.8 Å². The van der Waals surface area contributed by atoms with Crippen LogP contribution in [0.3, 0.4) is 0 Å². The summed E-state index contributed by atoms with van der Waals surface area (Å²) in [4.78, 5) is 36.9. The second-order valence-corrected chi connectivity index (χ2v) is 10.2. The minimum atomic E-state index is -0.199. The molecule has 0 atom stereocenters. The van der Waals surface area contributed by atoms with Crippen molar-refractivity contribution in [3.05, 3.63) is 62.8 Å². The summed E-state index contributed by atoms with van der Waals surface area (Å²) < 4.78 is 0. The number of thiophene rings is 1. The molecule has 31 heavy (non-hydrogen) atoms. The Bertz CT molecular complexity index is 1240. The molecule has 0 saturated carbocycles. The Morgan fingerprint density at radius 2 is 1.74 bits per heavy atom. The molecule has 0 unspecified atom stereocenters. The molecule has 0 aliphatic carbocycles. The molecule has 4 rings (SSSR count). The summed E-state index contributed by atoms with van der Waals surface area (Å²) in [5.74, 6) is -0.256. The van der Waals surface area contributed by atoms with E-state index in [2.05, 4.69) is 20.6 Å². The van der Waals surface area contributed by atoms with Crippen LogP contribution in [0.2, 0.25) is 0 Å². The Kier molecular flexibility index (Phi) is 6.26. The van der Waals surface area contributed by atoms with Crippen molar-refractivity contribution in [3.8, 4) is 21.1 Å². The van der Waals surface area contributed by atoms with Gasteiger partial charge in [0.15, 0.2) is 5.13 Å². The highest BCUT2D eigenvalue weighted by atomic mass is 32.1. The lowest BCUT2D eigenvalue weighted by Gasteiger charge is -1.99. The maximum absolute atomic E-state index is 12.9. The van der Waals surface area contributed by atoms with Crippen LogP contribution in [-0.4, -0.2) is 21.8 Å². The van der Waals surface area contributed by atoms with Crippen molar-refractivity contribution >= 4 is 51.0 Å². The van der Waals surface area contributed by atoms with Gasteiger partial charge in [-0.1, -0.05) is 30.3 Å². The Morgan fingerprint density at radius 1 is 0.968 bits per heavy atom. The number of aryl methyl sites for hydroxylation is 2. The molecule has 3 aromatic heterocycles. The molecule has 4 aromatic rings. The number of anilines is 1. The molecule has 158 valence electrons. The van der Waals surface area contributed by atoms with Crippen LogP contribution in [0.15, 0.2) is 42.5 Å². The molecule has 2 amide bonds. The molecule has 0 fully saturated rings. The Morgan fingerprint density at radius 3 is 2.48 bits per heavy atom.